The van der Waals surface area contributed by atoms with Gasteiger partial charge in [-0.2, -0.15) is 0 Å². The van der Waals surface area contributed by atoms with E-state index in [1.165, 1.54) is 14.2 Å². The van der Waals surface area contributed by atoms with Crippen LogP contribution in [0.25, 0.3) is 0 Å². The second-order valence-electron chi connectivity index (χ2n) is 3.41. The third-order valence-corrected chi connectivity index (χ3v) is 2.12. The highest BCUT2D eigenvalue weighted by molar-refractivity contribution is 5.87. The molecular weight excluding hydrogens is 260 g/mol. The Bertz CT molecular complexity index is 492. The molecule has 0 saturated heterocycles. The molecule has 0 radical (unpaired) electrons. The Morgan fingerprint density at radius 2 is 1.20 bits per heavy atom. The van der Waals surface area contributed by atoms with Crippen LogP contribution in [0, 0.1) is 0 Å². The summed E-state index contributed by atoms with van der Waals surface area (Å²) in [5.41, 5.74) is 0.676. The van der Waals surface area contributed by atoms with Crippen LogP contribution in [-0.2, 0) is 9.47 Å². The number of pyridine rings is 2. The van der Waals surface area contributed by atoms with Crippen LogP contribution < -0.4 is 0 Å². The van der Waals surface area contributed by atoms with Crippen molar-refractivity contribution in [3.8, 4) is 0 Å². The molecule has 0 aliphatic carbocycles. The summed E-state index contributed by atoms with van der Waals surface area (Å²) in [4.78, 5) is 29.0. The van der Waals surface area contributed by atoms with Crippen LogP contribution in [0.3, 0.4) is 0 Å². The van der Waals surface area contributed by atoms with Crippen molar-refractivity contribution in [1.82, 2.24) is 9.97 Å². The number of esters is 2. The maximum atomic E-state index is 10.7. The average molecular weight is 274 g/mol. The van der Waals surface area contributed by atoms with Gasteiger partial charge >= 0.3 is 11.9 Å². The number of nitrogens with zero attached hydrogens (tertiary/aromatic N) is 2. The number of hydrogen-bond donors (Lipinski definition) is 0. The molecule has 0 aliphatic heterocycles. The first-order chi connectivity index (χ1) is 9.69. The molecule has 2 aromatic rings. The number of aromatic nitrogens is 2. The Morgan fingerprint density at radius 1 is 0.800 bits per heavy atom. The predicted octanol–water partition coefficient (Wildman–Crippen LogP) is 1.74. The molecule has 0 amide bonds. The van der Waals surface area contributed by atoms with E-state index >= 15 is 0 Å². The van der Waals surface area contributed by atoms with Crippen molar-refractivity contribution in [3.63, 3.8) is 0 Å². The summed E-state index contributed by atoms with van der Waals surface area (Å²) < 4.78 is 8.87. The van der Waals surface area contributed by atoms with Crippen LogP contribution in [-0.4, -0.2) is 36.1 Å². The topological polar surface area (TPSA) is 78.4 Å². The lowest BCUT2D eigenvalue weighted by molar-refractivity contribution is 0.0585. The van der Waals surface area contributed by atoms with Gasteiger partial charge in [-0.15, -0.1) is 0 Å². The zero-order valence-electron chi connectivity index (χ0n) is 11.1. The van der Waals surface area contributed by atoms with E-state index < -0.39 is 11.9 Å². The zero-order chi connectivity index (χ0) is 14.8. The molecule has 6 heteroatoms. The van der Waals surface area contributed by atoms with Crippen molar-refractivity contribution in [3.05, 3.63) is 60.2 Å². The molecule has 0 unspecified atom stereocenters. The molecule has 0 saturated carbocycles. The fourth-order valence-corrected chi connectivity index (χ4v) is 1.18. The second-order valence-corrected chi connectivity index (χ2v) is 3.41. The number of ether oxygens (including phenoxy) is 2. The number of methoxy groups -OCH3 is 2. The second kappa shape index (κ2) is 8.36. The number of carbonyl (C=O) groups is 2. The van der Waals surface area contributed by atoms with Gasteiger partial charge in [-0.25, -0.2) is 19.6 Å². The summed E-state index contributed by atoms with van der Waals surface area (Å²) in [7, 11) is 2.66. The van der Waals surface area contributed by atoms with Crippen molar-refractivity contribution in [2.24, 2.45) is 0 Å². The molecule has 6 nitrogen and oxygen atoms in total. The minimum absolute atomic E-state index is 0.338. The Kier molecular flexibility index (Phi) is 6.40. The molecule has 0 spiro atoms. The van der Waals surface area contributed by atoms with Gasteiger partial charge in [0.25, 0.3) is 0 Å². The molecule has 0 fully saturated rings. The first-order valence-corrected chi connectivity index (χ1v) is 5.67. The molecule has 0 aliphatic rings. The van der Waals surface area contributed by atoms with Crippen molar-refractivity contribution in [2.75, 3.05) is 14.2 Å². The molecule has 2 heterocycles. The van der Waals surface area contributed by atoms with Crippen LogP contribution in [0.2, 0.25) is 0 Å². The summed E-state index contributed by atoms with van der Waals surface area (Å²) in [6.45, 7) is 0. The summed E-state index contributed by atoms with van der Waals surface area (Å²) in [6, 6.07) is 10.2. The molecule has 104 valence electrons. The molecule has 2 rings (SSSR count). The van der Waals surface area contributed by atoms with Gasteiger partial charge in [0.05, 0.1) is 14.2 Å². The number of carbonyl (C=O) groups excluding carboxylic acids is 2. The van der Waals surface area contributed by atoms with Crippen LogP contribution in [0.15, 0.2) is 48.8 Å². The molecule has 0 atom stereocenters. The fraction of sp³-hybridized carbons (Fsp3) is 0.143. The van der Waals surface area contributed by atoms with E-state index in [1.807, 2.05) is 0 Å². The lowest BCUT2D eigenvalue weighted by atomic mass is 10.4. The molecule has 0 N–H and O–H groups in total. The minimum Gasteiger partial charge on any atom is -0.464 e. The molecule has 20 heavy (non-hydrogen) atoms. The molecule has 2 aromatic heterocycles. The predicted molar refractivity (Wildman–Crippen MR) is 71.2 cm³/mol. The normalized spacial score (nSPS) is 8.90. The Morgan fingerprint density at radius 3 is 1.45 bits per heavy atom. The summed E-state index contributed by atoms with van der Waals surface area (Å²) >= 11 is 0. The largest absolute Gasteiger partial charge is 0.464 e. The molecule has 0 aromatic carbocycles. The third kappa shape index (κ3) is 4.85. The number of rotatable bonds is 2. The van der Waals surface area contributed by atoms with Crippen LogP contribution >= 0.6 is 0 Å². The van der Waals surface area contributed by atoms with E-state index in [-0.39, 0.29) is 0 Å². The summed E-state index contributed by atoms with van der Waals surface area (Å²) in [6.07, 6.45) is 3.10. The lowest BCUT2D eigenvalue weighted by Gasteiger charge is -1.94. The average Bonchev–Trinajstić information content (AvgIpc) is 2.55. The lowest BCUT2D eigenvalue weighted by Crippen LogP contribution is -2.02. The van der Waals surface area contributed by atoms with Crippen LogP contribution in [0.4, 0.5) is 0 Å². The Hall–Kier alpha value is -2.76. The van der Waals surface area contributed by atoms with Gasteiger partial charge in [-0.1, -0.05) is 12.1 Å². The highest BCUT2D eigenvalue weighted by atomic mass is 16.5. The van der Waals surface area contributed by atoms with Crippen molar-refractivity contribution >= 4 is 11.9 Å². The van der Waals surface area contributed by atoms with Gasteiger partial charge in [0.1, 0.15) is 11.4 Å². The van der Waals surface area contributed by atoms with Crippen molar-refractivity contribution in [2.45, 2.75) is 0 Å². The summed E-state index contributed by atoms with van der Waals surface area (Å²) in [5, 5.41) is 0. The molecule has 0 bridgehead atoms. The first kappa shape index (κ1) is 15.3. The van der Waals surface area contributed by atoms with Gasteiger partial charge < -0.3 is 9.47 Å². The van der Waals surface area contributed by atoms with E-state index in [0.717, 1.165) is 0 Å². The van der Waals surface area contributed by atoms with Gasteiger partial charge in [0.2, 0.25) is 0 Å². The Labute approximate surface area is 116 Å². The van der Waals surface area contributed by atoms with Gasteiger partial charge in [-0.05, 0) is 24.3 Å². The minimum atomic E-state index is -0.402. The highest BCUT2D eigenvalue weighted by Gasteiger charge is 2.03. The number of hydrogen-bond acceptors (Lipinski definition) is 6. The van der Waals surface area contributed by atoms with E-state index in [9.17, 15) is 9.59 Å². The third-order valence-electron chi connectivity index (χ3n) is 2.12. The quantitative estimate of drug-likeness (QED) is 0.776. The van der Waals surface area contributed by atoms with E-state index in [1.54, 1.807) is 48.8 Å². The van der Waals surface area contributed by atoms with Crippen molar-refractivity contribution < 1.29 is 19.1 Å². The van der Waals surface area contributed by atoms with E-state index in [4.69, 9.17) is 0 Å². The van der Waals surface area contributed by atoms with Gasteiger partial charge in [0.15, 0.2) is 0 Å². The van der Waals surface area contributed by atoms with Crippen LogP contribution in [0.1, 0.15) is 21.0 Å². The highest BCUT2D eigenvalue weighted by Crippen LogP contribution is 1.94. The Balaban J connectivity index is 0.000000200. The van der Waals surface area contributed by atoms with Gasteiger partial charge in [0, 0.05) is 12.4 Å². The van der Waals surface area contributed by atoms with Gasteiger partial charge in [-0.3, -0.25) is 0 Å². The van der Waals surface area contributed by atoms with Crippen molar-refractivity contribution in [1.29, 1.82) is 0 Å². The standard InChI is InChI=1S/2C7H7NO2/c2*1-10-7(9)6-4-2-3-5-8-6/h2*2-5H,1H3. The maximum absolute atomic E-state index is 10.7. The SMILES string of the molecule is COC(=O)c1ccccn1.COC(=O)c1ccccn1. The fourth-order valence-electron chi connectivity index (χ4n) is 1.18. The van der Waals surface area contributed by atoms with E-state index in [2.05, 4.69) is 19.4 Å². The maximum Gasteiger partial charge on any atom is 0.356 e. The monoisotopic (exact) mass is 274 g/mol. The zero-order valence-corrected chi connectivity index (χ0v) is 11.1. The molecular formula is C14H14N2O4. The van der Waals surface area contributed by atoms with E-state index in [0.29, 0.717) is 11.4 Å². The summed E-state index contributed by atoms with van der Waals surface area (Å²) in [5.74, 6) is -0.804. The first-order valence-electron chi connectivity index (χ1n) is 5.67. The smallest absolute Gasteiger partial charge is 0.356 e. The van der Waals surface area contributed by atoms with Crippen LogP contribution in [0.5, 0.6) is 0 Å².